The highest BCUT2D eigenvalue weighted by Crippen LogP contribution is 2.32. The lowest BCUT2D eigenvalue weighted by molar-refractivity contribution is 1.07. The van der Waals surface area contributed by atoms with Gasteiger partial charge in [0.1, 0.15) is 0 Å². The Balaban J connectivity index is 2.38. The van der Waals surface area contributed by atoms with E-state index in [9.17, 15) is 0 Å². The molecule has 0 fully saturated rings. The summed E-state index contributed by atoms with van der Waals surface area (Å²) < 4.78 is 1.73. The zero-order chi connectivity index (χ0) is 12.4. The Labute approximate surface area is 119 Å². The van der Waals surface area contributed by atoms with Crippen LogP contribution in [-0.4, -0.2) is 15.0 Å². The van der Waals surface area contributed by atoms with Crippen molar-refractivity contribution in [3.63, 3.8) is 0 Å². The monoisotopic (exact) mass is 377 g/mol. The predicted molar refractivity (Wildman–Crippen MR) is 74.4 cm³/mol. The maximum absolute atomic E-state index is 5.69. The zero-order valence-electron chi connectivity index (χ0n) is 8.28. The average molecular weight is 379 g/mol. The van der Waals surface area contributed by atoms with Crippen molar-refractivity contribution in [2.75, 3.05) is 11.1 Å². The molecular formula is C9H6Br2ClN5. The molecule has 2 aromatic rings. The van der Waals surface area contributed by atoms with Crippen molar-refractivity contribution in [3.05, 3.63) is 32.4 Å². The van der Waals surface area contributed by atoms with Gasteiger partial charge in [-0.05, 0) is 55.6 Å². The molecule has 2 rings (SSSR count). The van der Waals surface area contributed by atoms with Gasteiger partial charge in [-0.1, -0.05) is 6.07 Å². The van der Waals surface area contributed by atoms with Crippen LogP contribution in [0.5, 0.6) is 0 Å². The maximum Gasteiger partial charge on any atom is 0.233 e. The van der Waals surface area contributed by atoms with E-state index < -0.39 is 0 Å². The van der Waals surface area contributed by atoms with Gasteiger partial charge in [0.05, 0.1) is 5.69 Å². The number of halogens is 3. The Kier molecular flexibility index (Phi) is 3.80. The van der Waals surface area contributed by atoms with Crippen molar-refractivity contribution >= 4 is 61.0 Å². The first-order valence-electron chi connectivity index (χ1n) is 4.44. The molecule has 0 aliphatic heterocycles. The maximum atomic E-state index is 5.69. The summed E-state index contributed by atoms with van der Waals surface area (Å²) in [6.07, 6.45) is 0. The summed E-state index contributed by atoms with van der Waals surface area (Å²) >= 11 is 12.5. The number of aromatic nitrogens is 3. The largest absolute Gasteiger partial charge is 0.368 e. The molecule has 0 aliphatic carbocycles. The highest BCUT2D eigenvalue weighted by molar-refractivity contribution is 9.11. The van der Waals surface area contributed by atoms with Crippen molar-refractivity contribution in [2.24, 2.45) is 0 Å². The molecule has 0 saturated heterocycles. The van der Waals surface area contributed by atoms with Crippen molar-refractivity contribution < 1.29 is 0 Å². The molecule has 0 amide bonds. The SMILES string of the molecule is Nc1nc(Cl)nc(Nc2c(Br)cccc2Br)n1. The number of hydrogen-bond acceptors (Lipinski definition) is 5. The molecule has 8 heteroatoms. The van der Waals surface area contributed by atoms with Gasteiger partial charge in [-0.25, -0.2) is 0 Å². The van der Waals surface area contributed by atoms with Crippen LogP contribution in [0.1, 0.15) is 0 Å². The highest BCUT2D eigenvalue weighted by atomic mass is 79.9. The van der Waals surface area contributed by atoms with E-state index in [1.807, 2.05) is 18.2 Å². The molecule has 1 aromatic carbocycles. The molecule has 0 aliphatic rings. The van der Waals surface area contributed by atoms with Gasteiger partial charge in [0.15, 0.2) is 0 Å². The summed E-state index contributed by atoms with van der Waals surface area (Å²) in [6.45, 7) is 0. The van der Waals surface area contributed by atoms with Crippen LogP contribution in [0.2, 0.25) is 5.28 Å². The van der Waals surface area contributed by atoms with E-state index in [-0.39, 0.29) is 17.2 Å². The fourth-order valence-corrected chi connectivity index (χ4v) is 2.51. The van der Waals surface area contributed by atoms with Crippen LogP contribution in [0.4, 0.5) is 17.6 Å². The van der Waals surface area contributed by atoms with Gasteiger partial charge in [-0.15, -0.1) is 0 Å². The highest BCUT2D eigenvalue weighted by Gasteiger charge is 2.08. The third kappa shape index (κ3) is 3.05. The molecule has 17 heavy (non-hydrogen) atoms. The summed E-state index contributed by atoms with van der Waals surface area (Å²) in [5.41, 5.74) is 6.27. The molecule has 0 atom stereocenters. The van der Waals surface area contributed by atoms with Gasteiger partial charge in [-0.2, -0.15) is 15.0 Å². The molecule has 1 aromatic heterocycles. The van der Waals surface area contributed by atoms with E-state index >= 15 is 0 Å². The van der Waals surface area contributed by atoms with E-state index in [1.54, 1.807) is 0 Å². The topological polar surface area (TPSA) is 76.7 Å². The number of nitrogens with one attached hydrogen (secondary N) is 1. The van der Waals surface area contributed by atoms with Crippen LogP contribution in [0, 0.1) is 0 Å². The van der Waals surface area contributed by atoms with Crippen LogP contribution in [-0.2, 0) is 0 Å². The van der Waals surface area contributed by atoms with Gasteiger partial charge in [0.25, 0.3) is 0 Å². The van der Waals surface area contributed by atoms with Gasteiger partial charge < -0.3 is 11.1 Å². The molecule has 0 radical (unpaired) electrons. The number of nitrogens with two attached hydrogens (primary N) is 1. The average Bonchev–Trinajstić information content (AvgIpc) is 2.22. The van der Waals surface area contributed by atoms with Crippen LogP contribution in [0.3, 0.4) is 0 Å². The summed E-state index contributed by atoms with van der Waals surface area (Å²) in [5, 5.41) is 3.05. The van der Waals surface area contributed by atoms with E-state index in [0.29, 0.717) is 0 Å². The normalized spacial score (nSPS) is 10.3. The van der Waals surface area contributed by atoms with E-state index in [0.717, 1.165) is 14.6 Å². The van der Waals surface area contributed by atoms with E-state index in [2.05, 4.69) is 52.1 Å². The van der Waals surface area contributed by atoms with Gasteiger partial charge in [0.2, 0.25) is 17.2 Å². The van der Waals surface area contributed by atoms with Crippen LogP contribution >= 0.6 is 43.5 Å². The number of nitrogens with zero attached hydrogens (tertiary/aromatic N) is 3. The van der Waals surface area contributed by atoms with Crippen LogP contribution in [0.25, 0.3) is 0 Å². The Morgan fingerprint density at radius 2 is 1.76 bits per heavy atom. The number of benzene rings is 1. The molecule has 0 spiro atoms. The molecule has 3 N–H and O–H groups in total. The van der Waals surface area contributed by atoms with Crippen molar-refractivity contribution in [1.82, 2.24) is 15.0 Å². The van der Waals surface area contributed by atoms with Crippen LogP contribution in [0.15, 0.2) is 27.1 Å². The zero-order valence-corrected chi connectivity index (χ0v) is 12.2. The lowest BCUT2D eigenvalue weighted by Crippen LogP contribution is -2.03. The van der Waals surface area contributed by atoms with Crippen molar-refractivity contribution in [3.8, 4) is 0 Å². The first-order valence-corrected chi connectivity index (χ1v) is 6.41. The molecule has 5 nitrogen and oxygen atoms in total. The van der Waals surface area contributed by atoms with Crippen molar-refractivity contribution in [2.45, 2.75) is 0 Å². The number of para-hydroxylation sites is 1. The van der Waals surface area contributed by atoms with Gasteiger partial charge >= 0.3 is 0 Å². The van der Waals surface area contributed by atoms with Gasteiger partial charge in [0, 0.05) is 8.95 Å². The van der Waals surface area contributed by atoms with Crippen LogP contribution < -0.4 is 11.1 Å². The second kappa shape index (κ2) is 5.16. The summed E-state index contributed by atoms with van der Waals surface area (Å²) in [7, 11) is 0. The van der Waals surface area contributed by atoms with Crippen molar-refractivity contribution in [1.29, 1.82) is 0 Å². The summed E-state index contributed by atoms with van der Waals surface area (Å²) in [5.74, 6) is 0.353. The molecule has 0 saturated carbocycles. The number of nitrogen functional groups attached to an aromatic ring is 1. The molecule has 0 unspecified atom stereocenters. The number of rotatable bonds is 2. The molecule has 88 valence electrons. The second-order valence-corrected chi connectivity index (χ2v) is 5.05. The summed E-state index contributed by atoms with van der Waals surface area (Å²) in [4.78, 5) is 11.5. The quantitative estimate of drug-likeness (QED) is 0.837. The Morgan fingerprint density at radius 3 is 2.35 bits per heavy atom. The second-order valence-electron chi connectivity index (χ2n) is 3.01. The lowest BCUT2D eigenvalue weighted by atomic mass is 10.3. The first-order chi connectivity index (χ1) is 8.06. The van der Waals surface area contributed by atoms with E-state index in [4.69, 9.17) is 17.3 Å². The first kappa shape index (κ1) is 12.5. The number of anilines is 3. The minimum absolute atomic E-state index is 0.0446. The Hall–Kier alpha value is -0.920. The number of hydrogen-bond donors (Lipinski definition) is 2. The third-order valence-electron chi connectivity index (χ3n) is 1.82. The fraction of sp³-hybridized carbons (Fsp3) is 0. The smallest absolute Gasteiger partial charge is 0.233 e. The lowest BCUT2D eigenvalue weighted by Gasteiger charge is -2.09. The van der Waals surface area contributed by atoms with Gasteiger partial charge in [-0.3, -0.25) is 0 Å². The van der Waals surface area contributed by atoms with E-state index in [1.165, 1.54) is 0 Å². The minimum atomic E-state index is 0.0446. The fourth-order valence-electron chi connectivity index (χ4n) is 1.15. The third-order valence-corrected chi connectivity index (χ3v) is 3.32. The Bertz CT molecular complexity index is 523. The molecule has 0 bridgehead atoms. The molecule has 1 heterocycles. The molecular weight excluding hydrogens is 373 g/mol. The Morgan fingerprint density at radius 1 is 1.12 bits per heavy atom. The standard InChI is InChI=1S/C9H6Br2ClN5/c10-4-2-1-3-5(11)6(4)14-9-16-7(12)15-8(13)17-9/h1-3H,(H3,13,14,15,16,17). The predicted octanol–water partition coefficient (Wildman–Crippen LogP) is 3.38. The summed E-state index contributed by atoms with van der Waals surface area (Å²) in [6, 6.07) is 5.67. The minimum Gasteiger partial charge on any atom is -0.368 e.